The molecule has 63 heavy (non-hydrogen) atoms. The number of hydrogen-bond acceptors (Lipinski definition) is 2. The van der Waals surface area contributed by atoms with Gasteiger partial charge in [0.1, 0.15) is 11.5 Å². The third kappa shape index (κ3) is 6.10. The van der Waals surface area contributed by atoms with Crippen molar-refractivity contribution in [3.8, 4) is 67.1 Å². The Hall–Kier alpha value is -8.20. The molecule has 296 valence electrons. The van der Waals surface area contributed by atoms with Crippen LogP contribution in [-0.4, -0.2) is 0 Å². The number of anilines is 3. The van der Waals surface area contributed by atoms with Crippen LogP contribution in [-0.2, 0) is 5.41 Å². The molecular weight excluding hydrogens is 763 g/mol. The molecule has 2 aliphatic rings. The summed E-state index contributed by atoms with van der Waals surface area (Å²) in [4.78, 5) is 2.39. The maximum Gasteiger partial charge on any atom is 0.132 e. The molecule has 0 bridgehead atoms. The van der Waals surface area contributed by atoms with Crippen molar-refractivity contribution in [3.63, 3.8) is 0 Å². The van der Waals surface area contributed by atoms with Crippen molar-refractivity contribution in [2.24, 2.45) is 0 Å². The third-order valence-electron chi connectivity index (χ3n) is 12.9. The first-order chi connectivity index (χ1) is 31.2. The van der Waals surface area contributed by atoms with Gasteiger partial charge in [-0.25, -0.2) is 0 Å². The van der Waals surface area contributed by atoms with Gasteiger partial charge >= 0.3 is 0 Å². The van der Waals surface area contributed by atoms with Crippen LogP contribution in [0, 0.1) is 0 Å². The minimum atomic E-state index is -0.518. The fourth-order valence-corrected chi connectivity index (χ4v) is 10.1. The number of nitrogens with zero attached hydrogens (tertiary/aromatic N) is 1. The van der Waals surface area contributed by atoms with Crippen molar-refractivity contribution >= 4 is 17.1 Å². The highest BCUT2D eigenvalue weighted by molar-refractivity contribution is 5.90. The molecule has 0 aromatic heterocycles. The van der Waals surface area contributed by atoms with Crippen LogP contribution in [0.25, 0.3) is 55.6 Å². The zero-order valence-electron chi connectivity index (χ0n) is 34.5. The Kier molecular flexibility index (Phi) is 8.76. The van der Waals surface area contributed by atoms with Crippen LogP contribution in [0.1, 0.15) is 22.3 Å². The Morgan fingerprint density at radius 1 is 0.254 bits per heavy atom. The van der Waals surface area contributed by atoms with Gasteiger partial charge in [-0.2, -0.15) is 0 Å². The van der Waals surface area contributed by atoms with Crippen LogP contribution in [0.5, 0.6) is 11.5 Å². The summed E-state index contributed by atoms with van der Waals surface area (Å²) in [6, 6.07) is 90.0. The van der Waals surface area contributed by atoms with E-state index in [2.05, 4.69) is 254 Å². The molecule has 10 aromatic rings. The van der Waals surface area contributed by atoms with Crippen molar-refractivity contribution in [3.05, 3.63) is 271 Å². The largest absolute Gasteiger partial charge is 0.457 e. The van der Waals surface area contributed by atoms with E-state index in [-0.39, 0.29) is 0 Å². The highest BCUT2D eigenvalue weighted by atomic mass is 16.5. The van der Waals surface area contributed by atoms with Crippen LogP contribution in [0.2, 0.25) is 0 Å². The van der Waals surface area contributed by atoms with E-state index in [4.69, 9.17) is 4.74 Å². The molecule has 0 saturated heterocycles. The van der Waals surface area contributed by atoms with Crippen molar-refractivity contribution in [2.45, 2.75) is 5.41 Å². The Bertz CT molecular complexity index is 3180. The minimum absolute atomic E-state index is 0.518. The average molecular weight is 804 g/mol. The fourth-order valence-electron chi connectivity index (χ4n) is 10.1. The van der Waals surface area contributed by atoms with Crippen LogP contribution in [0.4, 0.5) is 17.1 Å². The first kappa shape index (κ1) is 36.6. The van der Waals surface area contributed by atoms with E-state index >= 15 is 0 Å². The van der Waals surface area contributed by atoms with Gasteiger partial charge in [0.15, 0.2) is 0 Å². The molecule has 0 atom stereocenters. The van der Waals surface area contributed by atoms with Crippen molar-refractivity contribution in [2.75, 3.05) is 4.90 Å². The Labute approximate surface area is 368 Å². The molecular formula is C61H41NO. The molecule has 0 radical (unpaired) electrons. The number of para-hydroxylation sites is 1. The van der Waals surface area contributed by atoms with Gasteiger partial charge in [0.05, 0.1) is 5.41 Å². The van der Waals surface area contributed by atoms with Crippen LogP contribution in [0.3, 0.4) is 0 Å². The van der Waals surface area contributed by atoms with Gasteiger partial charge in [-0.05, 0) is 127 Å². The molecule has 10 aromatic carbocycles. The lowest BCUT2D eigenvalue weighted by molar-refractivity contribution is 0.436. The van der Waals surface area contributed by atoms with Gasteiger partial charge in [-0.15, -0.1) is 0 Å². The van der Waals surface area contributed by atoms with Crippen LogP contribution >= 0.6 is 0 Å². The van der Waals surface area contributed by atoms with Crippen molar-refractivity contribution in [1.29, 1.82) is 0 Å². The van der Waals surface area contributed by atoms with Gasteiger partial charge in [-0.3, -0.25) is 0 Å². The maximum atomic E-state index is 6.75. The highest BCUT2D eigenvalue weighted by Crippen LogP contribution is 2.62. The first-order valence-electron chi connectivity index (χ1n) is 21.7. The zero-order valence-corrected chi connectivity index (χ0v) is 34.5. The van der Waals surface area contributed by atoms with E-state index < -0.39 is 5.41 Å². The number of ether oxygens (including phenoxy) is 1. The first-order valence-corrected chi connectivity index (χ1v) is 21.7. The second-order valence-corrected chi connectivity index (χ2v) is 16.4. The second-order valence-electron chi connectivity index (χ2n) is 16.4. The second kappa shape index (κ2) is 15.1. The van der Waals surface area contributed by atoms with E-state index in [1.54, 1.807) is 0 Å². The van der Waals surface area contributed by atoms with E-state index in [9.17, 15) is 0 Å². The van der Waals surface area contributed by atoms with E-state index in [0.717, 1.165) is 56.4 Å². The lowest BCUT2D eigenvalue weighted by Crippen LogP contribution is -2.32. The summed E-state index contributed by atoms with van der Waals surface area (Å²) >= 11 is 0. The van der Waals surface area contributed by atoms with Crippen molar-refractivity contribution in [1.82, 2.24) is 0 Å². The Morgan fingerprint density at radius 3 is 1.19 bits per heavy atom. The van der Waals surface area contributed by atoms with Crippen LogP contribution in [0.15, 0.2) is 249 Å². The number of benzene rings is 10. The predicted octanol–water partition coefficient (Wildman–Crippen LogP) is 16.3. The van der Waals surface area contributed by atoms with E-state index in [1.165, 1.54) is 50.1 Å². The minimum Gasteiger partial charge on any atom is -0.457 e. The molecule has 1 aliphatic carbocycles. The average Bonchev–Trinajstić information content (AvgIpc) is 3.66. The van der Waals surface area contributed by atoms with E-state index in [1.807, 2.05) is 0 Å². The summed E-state index contributed by atoms with van der Waals surface area (Å²) < 4.78 is 6.75. The SMILES string of the molecule is c1ccc(-c2ccc(N(c3ccc(-c4ccc5c(c4)C4(c6ccccc6O5)c5ccccc5-c5ccccc54)cc3)c3cc(-c4ccccc4)cc(-c4ccccc4)c3)cc2)cc1. The molecule has 0 saturated carbocycles. The molecule has 2 nitrogen and oxygen atoms in total. The summed E-state index contributed by atoms with van der Waals surface area (Å²) in [7, 11) is 0. The molecule has 1 heterocycles. The van der Waals surface area contributed by atoms with Crippen LogP contribution < -0.4 is 9.64 Å². The van der Waals surface area contributed by atoms with Gasteiger partial charge in [0, 0.05) is 28.2 Å². The summed E-state index contributed by atoms with van der Waals surface area (Å²) in [6.45, 7) is 0. The lowest BCUT2D eigenvalue weighted by Gasteiger charge is -2.39. The molecule has 1 aliphatic heterocycles. The smallest absolute Gasteiger partial charge is 0.132 e. The number of fused-ring (bicyclic) bond motifs is 9. The monoisotopic (exact) mass is 803 g/mol. The molecule has 12 rings (SSSR count). The number of hydrogen-bond donors (Lipinski definition) is 0. The Balaban J connectivity index is 1.00. The summed E-state index contributed by atoms with van der Waals surface area (Å²) in [6.07, 6.45) is 0. The topological polar surface area (TPSA) is 12.5 Å². The lowest BCUT2D eigenvalue weighted by atomic mass is 9.66. The number of rotatable bonds is 7. The summed E-state index contributed by atoms with van der Waals surface area (Å²) in [5, 5.41) is 0. The fraction of sp³-hybridized carbons (Fsp3) is 0.0164. The van der Waals surface area contributed by atoms with Gasteiger partial charge in [0.2, 0.25) is 0 Å². The molecule has 1 spiro atoms. The normalized spacial score (nSPS) is 12.7. The van der Waals surface area contributed by atoms with Gasteiger partial charge < -0.3 is 9.64 Å². The maximum absolute atomic E-state index is 6.75. The van der Waals surface area contributed by atoms with Crippen molar-refractivity contribution < 1.29 is 4.74 Å². The summed E-state index contributed by atoms with van der Waals surface area (Å²) in [5.41, 5.74) is 19.5. The molecule has 0 unspecified atom stereocenters. The summed E-state index contributed by atoms with van der Waals surface area (Å²) in [5.74, 6) is 1.79. The predicted molar refractivity (Wildman–Crippen MR) is 260 cm³/mol. The highest BCUT2D eigenvalue weighted by Gasteiger charge is 2.51. The molecule has 0 amide bonds. The van der Waals surface area contributed by atoms with Gasteiger partial charge in [0.25, 0.3) is 0 Å². The molecule has 0 fully saturated rings. The van der Waals surface area contributed by atoms with Gasteiger partial charge in [-0.1, -0.05) is 188 Å². The zero-order chi connectivity index (χ0) is 41.7. The molecule has 0 N–H and O–H groups in total. The molecule has 2 heteroatoms. The Morgan fingerprint density at radius 2 is 0.651 bits per heavy atom. The quantitative estimate of drug-likeness (QED) is 0.159. The standard InChI is InChI=1S/C61H41NO/c1-4-16-42(17-5-1)45-28-33-50(34-29-45)62(52-39-48(43-18-6-2-7-19-43)38-49(40-52)44-20-8-3-9-21-44)51-35-30-46(31-36-51)47-32-37-60-58(41-47)61(57-26-14-15-27-59(57)63-60)55-24-12-10-22-53(55)54-23-11-13-25-56(54)61/h1-41H. The van der Waals surface area contributed by atoms with E-state index in [0.29, 0.717) is 0 Å². The third-order valence-corrected chi connectivity index (χ3v) is 12.9.